The summed E-state index contributed by atoms with van der Waals surface area (Å²) in [5.74, 6) is 0.470. The van der Waals surface area contributed by atoms with E-state index < -0.39 is 0 Å². The fourth-order valence-corrected chi connectivity index (χ4v) is 2.88. The summed E-state index contributed by atoms with van der Waals surface area (Å²) in [5.41, 5.74) is 2.93. The van der Waals surface area contributed by atoms with Crippen LogP contribution in [0, 0.1) is 0 Å². The number of nitrogens with one attached hydrogen (secondary N) is 3. The smallest absolute Gasteiger partial charge is 0.253 e. The molecule has 168 valence electrons. The van der Waals surface area contributed by atoms with Crippen LogP contribution in [-0.2, 0) is 17.6 Å². The number of carbonyl (C=O) groups is 2. The predicted octanol–water partition coefficient (Wildman–Crippen LogP) is 2.07. The number of amides is 2. The van der Waals surface area contributed by atoms with Crippen LogP contribution < -0.4 is 16.0 Å². The predicted molar refractivity (Wildman–Crippen MR) is 136 cm³/mol. The Hall–Kier alpha value is -2.62. The van der Waals surface area contributed by atoms with Crippen molar-refractivity contribution in [2.75, 3.05) is 40.8 Å². The quantitative estimate of drug-likeness (QED) is 0.260. The largest absolute Gasteiger partial charge is 0.356 e. The molecular formula is C23H32IN5O2. The first-order chi connectivity index (χ1) is 14.5. The van der Waals surface area contributed by atoms with E-state index in [2.05, 4.69) is 20.9 Å². The molecule has 2 aromatic carbocycles. The van der Waals surface area contributed by atoms with E-state index >= 15 is 0 Å². The van der Waals surface area contributed by atoms with Gasteiger partial charge in [-0.25, -0.2) is 0 Å². The van der Waals surface area contributed by atoms with Gasteiger partial charge < -0.3 is 20.9 Å². The molecule has 0 fully saturated rings. The van der Waals surface area contributed by atoms with Gasteiger partial charge in [0.2, 0.25) is 5.91 Å². The molecule has 0 heterocycles. The first kappa shape index (κ1) is 26.4. The molecule has 2 rings (SSSR count). The molecule has 0 aromatic heterocycles. The van der Waals surface area contributed by atoms with E-state index in [0.29, 0.717) is 24.6 Å². The Morgan fingerprint density at radius 2 is 1.52 bits per heavy atom. The average molecular weight is 537 g/mol. The Bertz CT molecular complexity index is 856. The number of nitrogens with zero attached hydrogens (tertiary/aromatic N) is 2. The first-order valence-electron chi connectivity index (χ1n) is 10.1. The van der Waals surface area contributed by atoms with Crippen LogP contribution in [0.15, 0.2) is 59.6 Å². The van der Waals surface area contributed by atoms with Crippen molar-refractivity contribution in [3.8, 4) is 0 Å². The van der Waals surface area contributed by atoms with Crippen molar-refractivity contribution in [1.29, 1.82) is 0 Å². The monoisotopic (exact) mass is 537 g/mol. The second-order valence-corrected chi connectivity index (χ2v) is 7.09. The van der Waals surface area contributed by atoms with Crippen molar-refractivity contribution in [3.63, 3.8) is 0 Å². The maximum absolute atomic E-state index is 12.1. The summed E-state index contributed by atoms with van der Waals surface area (Å²) in [7, 11) is 5.15. The van der Waals surface area contributed by atoms with E-state index in [1.807, 2.05) is 54.6 Å². The van der Waals surface area contributed by atoms with E-state index in [-0.39, 0.29) is 42.3 Å². The van der Waals surface area contributed by atoms with Crippen molar-refractivity contribution >= 4 is 41.8 Å². The van der Waals surface area contributed by atoms with E-state index in [4.69, 9.17) is 0 Å². The Kier molecular flexibility index (Phi) is 12.3. The number of carbonyl (C=O) groups excluding carboxylic acids is 2. The van der Waals surface area contributed by atoms with Gasteiger partial charge in [-0.2, -0.15) is 0 Å². The van der Waals surface area contributed by atoms with Gasteiger partial charge in [0.1, 0.15) is 0 Å². The van der Waals surface area contributed by atoms with Crippen molar-refractivity contribution in [2.45, 2.75) is 12.8 Å². The average Bonchev–Trinajstić information content (AvgIpc) is 2.76. The lowest BCUT2D eigenvalue weighted by Gasteiger charge is -2.13. The fraction of sp³-hybridized carbons (Fsp3) is 0.348. The van der Waals surface area contributed by atoms with Gasteiger partial charge in [-0.1, -0.05) is 42.5 Å². The SMILES string of the molecule is CN=C(NCCc1cccc(C(=O)N(C)C)c1)NCC(=O)NCCc1ccccc1.I. The van der Waals surface area contributed by atoms with Crippen LogP contribution >= 0.6 is 24.0 Å². The molecule has 2 aromatic rings. The minimum absolute atomic E-state index is 0. The van der Waals surface area contributed by atoms with Gasteiger partial charge in [0.15, 0.2) is 5.96 Å². The Labute approximate surface area is 201 Å². The molecule has 0 aliphatic heterocycles. The number of benzene rings is 2. The summed E-state index contributed by atoms with van der Waals surface area (Å²) in [6, 6.07) is 17.6. The molecule has 8 heteroatoms. The maximum atomic E-state index is 12.1. The molecule has 0 aliphatic rings. The molecular weight excluding hydrogens is 505 g/mol. The highest BCUT2D eigenvalue weighted by molar-refractivity contribution is 14.0. The summed E-state index contributed by atoms with van der Waals surface area (Å²) in [4.78, 5) is 29.8. The second kappa shape index (κ2) is 14.4. The Morgan fingerprint density at radius 1 is 0.871 bits per heavy atom. The minimum Gasteiger partial charge on any atom is -0.356 e. The lowest BCUT2D eigenvalue weighted by molar-refractivity contribution is -0.119. The van der Waals surface area contributed by atoms with E-state index in [9.17, 15) is 9.59 Å². The van der Waals surface area contributed by atoms with Crippen LogP contribution in [0.1, 0.15) is 21.5 Å². The molecule has 0 saturated carbocycles. The summed E-state index contributed by atoms with van der Waals surface area (Å²) in [5, 5.41) is 9.10. The van der Waals surface area contributed by atoms with Gasteiger partial charge in [0.05, 0.1) is 6.54 Å². The molecule has 0 spiro atoms. The van der Waals surface area contributed by atoms with Crippen LogP contribution in [0.5, 0.6) is 0 Å². The lowest BCUT2D eigenvalue weighted by Crippen LogP contribution is -2.44. The molecule has 0 unspecified atom stereocenters. The maximum Gasteiger partial charge on any atom is 0.253 e. The number of aliphatic imine (C=N–C) groups is 1. The highest BCUT2D eigenvalue weighted by Gasteiger charge is 2.08. The third-order valence-electron chi connectivity index (χ3n) is 4.50. The van der Waals surface area contributed by atoms with Crippen LogP contribution in [0.3, 0.4) is 0 Å². The van der Waals surface area contributed by atoms with E-state index in [1.54, 1.807) is 26.0 Å². The zero-order valence-electron chi connectivity index (χ0n) is 18.4. The van der Waals surface area contributed by atoms with Gasteiger partial charge in [-0.3, -0.25) is 14.6 Å². The molecule has 0 radical (unpaired) electrons. The van der Waals surface area contributed by atoms with Crippen LogP contribution in [-0.4, -0.2) is 63.5 Å². The second-order valence-electron chi connectivity index (χ2n) is 7.09. The molecule has 0 atom stereocenters. The van der Waals surface area contributed by atoms with E-state index in [1.165, 1.54) is 5.56 Å². The van der Waals surface area contributed by atoms with Gasteiger partial charge >= 0.3 is 0 Å². The molecule has 2 amide bonds. The van der Waals surface area contributed by atoms with Crippen molar-refractivity contribution in [1.82, 2.24) is 20.9 Å². The Balaban J connectivity index is 0.00000480. The highest BCUT2D eigenvalue weighted by Crippen LogP contribution is 2.07. The number of guanidine groups is 1. The summed E-state index contributed by atoms with van der Waals surface area (Å²) in [6.45, 7) is 1.38. The van der Waals surface area contributed by atoms with Crippen molar-refractivity contribution < 1.29 is 9.59 Å². The molecule has 3 N–H and O–H groups in total. The highest BCUT2D eigenvalue weighted by atomic mass is 127. The van der Waals surface area contributed by atoms with Crippen LogP contribution in [0.4, 0.5) is 0 Å². The normalized spacial score (nSPS) is 10.6. The van der Waals surface area contributed by atoms with Crippen LogP contribution in [0.2, 0.25) is 0 Å². The number of rotatable bonds is 9. The van der Waals surface area contributed by atoms with Crippen LogP contribution in [0.25, 0.3) is 0 Å². The number of hydrogen-bond acceptors (Lipinski definition) is 3. The first-order valence-corrected chi connectivity index (χ1v) is 10.1. The molecule has 0 aliphatic carbocycles. The van der Waals surface area contributed by atoms with Crippen molar-refractivity contribution in [2.24, 2.45) is 4.99 Å². The van der Waals surface area contributed by atoms with Gasteiger partial charge in [-0.15, -0.1) is 24.0 Å². The standard InChI is InChI=1S/C23H31N5O2.HI/c1-24-23(27-17-21(29)25-14-12-18-8-5-4-6-9-18)26-15-13-19-10-7-11-20(16-19)22(30)28(2)3;/h4-11,16H,12-15,17H2,1-3H3,(H,25,29)(H2,24,26,27);1H. The third-order valence-corrected chi connectivity index (χ3v) is 4.50. The topological polar surface area (TPSA) is 85.8 Å². The number of hydrogen-bond donors (Lipinski definition) is 3. The minimum atomic E-state index is -0.0798. The van der Waals surface area contributed by atoms with Gasteiger partial charge in [0.25, 0.3) is 5.91 Å². The summed E-state index contributed by atoms with van der Waals surface area (Å²) < 4.78 is 0. The van der Waals surface area contributed by atoms with Gasteiger partial charge in [0, 0.05) is 39.8 Å². The lowest BCUT2D eigenvalue weighted by atomic mass is 10.1. The third kappa shape index (κ3) is 9.82. The zero-order valence-corrected chi connectivity index (χ0v) is 20.7. The van der Waals surface area contributed by atoms with Gasteiger partial charge in [-0.05, 0) is 36.1 Å². The molecule has 7 nitrogen and oxygen atoms in total. The molecule has 0 bridgehead atoms. The fourth-order valence-electron chi connectivity index (χ4n) is 2.88. The zero-order chi connectivity index (χ0) is 21.8. The Morgan fingerprint density at radius 3 is 2.19 bits per heavy atom. The summed E-state index contributed by atoms with van der Waals surface area (Å²) >= 11 is 0. The van der Waals surface area contributed by atoms with Crippen molar-refractivity contribution in [3.05, 3.63) is 71.3 Å². The van der Waals surface area contributed by atoms with E-state index in [0.717, 1.165) is 18.4 Å². The number of halogens is 1. The summed E-state index contributed by atoms with van der Waals surface area (Å²) in [6.07, 6.45) is 1.54. The molecule has 0 saturated heterocycles. The molecule has 31 heavy (non-hydrogen) atoms.